The summed E-state index contributed by atoms with van der Waals surface area (Å²) in [5.41, 5.74) is 1.46. The minimum Gasteiger partial charge on any atom is -0.325 e. The first-order valence-corrected chi connectivity index (χ1v) is 8.96. The van der Waals surface area contributed by atoms with Gasteiger partial charge in [0.15, 0.2) is 0 Å². The first-order chi connectivity index (χ1) is 12.7. The molecule has 0 saturated carbocycles. The molecule has 0 saturated heterocycles. The smallest absolute Gasteiger partial charge is 0.266 e. The highest BCUT2D eigenvalue weighted by Crippen LogP contribution is 2.21. The van der Waals surface area contributed by atoms with E-state index in [0.717, 1.165) is 10.6 Å². The molecule has 0 aliphatic carbocycles. The summed E-state index contributed by atoms with van der Waals surface area (Å²) in [6, 6.07) is 16.0. The number of benzene rings is 1. The molecule has 0 bridgehead atoms. The zero-order valence-corrected chi connectivity index (χ0v) is 14.7. The molecule has 1 amide bonds. The summed E-state index contributed by atoms with van der Waals surface area (Å²) in [5.74, 6) is -0.199. The van der Waals surface area contributed by atoms with Gasteiger partial charge < -0.3 is 5.32 Å². The second kappa shape index (κ2) is 8.23. The third-order valence-electron chi connectivity index (χ3n) is 3.74. The van der Waals surface area contributed by atoms with Crippen molar-refractivity contribution in [2.45, 2.75) is 19.4 Å². The Kier molecular flexibility index (Phi) is 5.56. The number of thiophene rings is 1. The lowest BCUT2D eigenvalue weighted by molar-refractivity contribution is -0.116. The van der Waals surface area contributed by atoms with Crippen LogP contribution in [0.3, 0.4) is 0 Å². The monoisotopic (exact) mass is 364 g/mol. The summed E-state index contributed by atoms with van der Waals surface area (Å²) in [4.78, 5) is 25.0. The number of rotatable bonds is 6. The van der Waals surface area contributed by atoms with Gasteiger partial charge >= 0.3 is 0 Å². The standard InChI is InChI=1S/C19H16N4O2S/c20-13-14-5-1-2-6-15(14)21-18(24)8-3-11-23-19(25)10-9-16(22-23)17-7-4-12-26-17/h1-2,4-7,9-10,12H,3,8,11H2,(H,21,24). The van der Waals surface area contributed by atoms with Crippen molar-refractivity contribution in [2.75, 3.05) is 5.32 Å². The zero-order chi connectivity index (χ0) is 18.4. The van der Waals surface area contributed by atoms with Crippen molar-refractivity contribution in [1.82, 2.24) is 9.78 Å². The number of nitrogens with one attached hydrogen (secondary N) is 1. The van der Waals surface area contributed by atoms with Gasteiger partial charge in [-0.05, 0) is 36.1 Å². The van der Waals surface area contributed by atoms with Crippen LogP contribution < -0.4 is 10.9 Å². The van der Waals surface area contributed by atoms with Gasteiger partial charge in [0.2, 0.25) is 5.91 Å². The molecule has 0 aliphatic rings. The van der Waals surface area contributed by atoms with Crippen LogP contribution in [0.5, 0.6) is 0 Å². The molecule has 1 aromatic carbocycles. The van der Waals surface area contributed by atoms with Gasteiger partial charge in [0, 0.05) is 19.0 Å². The van der Waals surface area contributed by atoms with Crippen molar-refractivity contribution in [3.05, 3.63) is 69.8 Å². The Labute approximate surface area is 154 Å². The first kappa shape index (κ1) is 17.6. The van der Waals surface area contributed by atoms with E-state index in [1.165, 1.54) is 10.7 Å². The van der Waals surface area contributed by atoms with E-state index in [-0.39, 0.29) is 17.9 Å². The number of aryl methyl sites for hydroxylation is 1. The van der Waals surface area contributed by atoms with Crippen molar-refractivity contribution in [2.24, 2.45) is 0 Å². The predicted molar refractivity (Wildman–Crippen MR) is 101 cm³/mol. The molecule has 2 aromatic heterocycles. The van der Waals surface area contributed by atoms with Crippen LogP contribution in [0.25, 0.3) is 10.6 Å². The van der Waals surface area contributed by atoms with Crippen LogP contribution in [0.1, 0.15) is 18.4 Å². The summed E-state index contributed by atoms with van der Waals surface area (Å²) < 4.78 is 1.38. The molecule has 6 nitrogen and oxygen atoms in total. The topological polar surface area (TPSA) is 87.8 Å². The van der Waals surface area contributed by atoms with E-state index in [4.69, 9.17) is 5.26 Å². The van der Waals surface area contributed by atoms with Crippen molar-refractivity contribution < 1.29 is 4.79 Å². The van der Waals surface area contributed by atoms with Gasteiger partial charge in [-0.25, -0.2) is 4.68 Å². The second-order valence-corrected chi connectivity index (χ2v) is 6.51. The summed E-state index contributed by atoms with van der Waals surface area (Å²) in [7, 11) is 0. The van der Waals surface area contributed by atoms with Gasteiger partial charge in [0.1, 0.15) is 11.8 Å². The summed E-state index contributed by atoms with van der Waals surface area (Å²) in [6.07, 6.45) is 0.707. The molecule has 3 aromatic rings. The van der Waals surface area contributed by atoms with Crippen LogP contribution in [-0.4, -0.2) is 15.7 Å². The van der Waals surface area contributed by atoms with Crippen LogP contribution in [0.4, 0.5) is 5.69 Å². The van der Waals surface area contributed by atoms with Gasteiger partial charge in [0.25, 0.3) is 5.56 Å². The Hall–Kier alpha value is -3.24. The Morgan fingerprint density at radius 2 is 2.04 bits per heavy atom. The van der Waals surface area contributed by atoms with E-state index in [1.54, 1.807) is 41.7 Å². The zero-order valence-electron chi connectivity index (χ0n) is 13.9. The molecule has 3 rings (SSSR count). The third-order valence-corrected chi connectivity index (χ3v) is 4.63. The fraction of sp³-hybridized carbons (Fsp3) is 0.158. The number of carbonyl (C=O) groups is 1. The summed E-state index contributed by atoms with van der Waals surface area (Å²) >= 11 is 1.56. The van der Waals surface area contributed by atoms with Crippen molar-refractivity contribution in [3.63, 3.8) is 0 Å². The highest BCUT2D eigenvalue weighted by Gasteiger charge is 2.08. The maximum absolute atomic E-state index is 12.1. The Bertz CT molecular complexity index is 1000. The summed E-state index contributed by atoms with van der Waals surface area (Å²) in [6.45, 7) is 0.353. The van der Waals surface area contributed by atoms with E-state index in [9.17, 15) is 9.59 Å². The molecule has 0 aliphatic heterocycles. The lowest BCUT2D eigenvalue weighted by Gasteiger charge is -2.08. The molecule has 0 unspecified atom stereocenters. The predicted octanol–water partition coefficient (Wildman–Crippen LogP) is 3.26. The van der Waals surface area contributed by atoms with E-state index in [1.807, 2.05) is 23.6 Å². The molecular formula is C19H16N4O2S. The summed E-state index contributed by atoms with van der Waals surface area (Å²) in [5, 5.41) is 18.1. The maximum Gasteiger partial charge on any atom is 0.266 e. The second-order valence-electron chi connectivity index (χ2n) is 5.57. The Morgan fingerprint density at radius 3 is 2.81 bits per heavy atom. The molecule has 0 fully saturated rings. The van der Waals surface area contributed by atoms with Crippen molar-refractivity contribution in [3.8, 4) is 16.6 Å². The third kappa shape index (κ3) is 4.23. The molecule has 0 atom stereocenters. The largest absolute Gasteiger partial charge is 0.325 e. The van der Waals surface area contributed by atoms with Crippen LogP contribution in [-0.2, 0) is 11.3 Å². The molecular weight excluding hydrogens is 348 g/mol. The van der Waals surface area contributed by atoms with E-state index >= 15 is 0 Å². The van der Waals surface area contributed by atoms with E-state index < -0.39 is 0 Å². The van der Waals surface area contributed by atoms with Crippen LogP contribution in [0.15, 0.2) is 58.7 Å². The van der Waals surface area contributed by atoms with E-state index in [0.29, 0.717) is 24.2 Å². The number of anilines is 1. The number of amides is 1. The number of carbonyl (C=O) groups excluding carboxylic acids is 1. The van der Waals surface area contributed by atoms with Gasteiger partial charge in [-0.2, -0.15) is 10.4 Å². The number of hydrogen-bond acceptors (Lipinski definition) is 5. The minimum atomic E-state index is -0.199. The minimum absolute atomic E-state index is 0.194. The lowest BCUT2D eigenvalue weighted by atomic mass is 10.2. The average Bonchev–Trinajstić information content (AvgIpc) is 3.18. The van der Waals surface area contributed by atoms with Crippen molar-refractivity contribution >= 4 is 22.9 Å². The fourth-order valence-electron chi connectivity index (χ4n) is 2.46. The molecule has 7 heteroatoms. The molecule has 0 spiro atoms. The van der Waals surface area contributed by atoms with Crippen LogP contribution >= 0.6 is 11.3 Å². The molecule has 130 valence electrons. The van der Waals surface area contributed by atoms with Crippen LogP contribution in [0.2, 0.25) is 0 Å². The van der Waals surface area contributed by atoms with Crippen molar-refractivity contribution in [1.29, 1.82) is 5.26 Å². The van der Waals surface area contributed by atoms with Gasteiger partial charge in [-0.15, -0.1) is 11.3 Å². The maximum atomic E-state index is 12.1. The van der Waals surface area contributed by atoms with Gasteiger partial charge in [-0.1, -0.05) is 18.2 Å². The molecule has 26 heavy (non-hydrogen) atoms. The highest BCUT2D eigenvalue weighted by atomic mass is 32.1. The first-order valence-electron chi connectivity index (χ1n) is 8.08. The highest BCUT2D eigenvalue weighted by molar-refractivity contribution is 7.13. The van der Waals surface area contributed by atoms with E-state index in [2.05, 4.69) is 10.4 Å². The fourth-order valence-corrected chi connectivity index (χ4v) is 3.15. The molecule has 1 N–H and O–H groups in total. The number of nitrogens with zero attached hydrogens (tertiary/aromatic N) is 3. The quantitative estimate of drug-likeness (QED) is 0.727. The Morgan fingerprint density at radius 1 is 1.19 bits per heavy atom. The number of nitriles is 1. The molecule has 0 radical (unpaired) electrons. The average molecular weight is 364 g/mol. The normalized spacial score (nSPS) is 10.3. The van der Waals surface area contributed by atoms with Gasteiger partial charge in [0.05, 0.1) is 16.1 Å². The number of hydrogen-bond donors (Lipinski definition) is 1. The Balaban J connectivity index is 1.60. The lowest BCUT2D eigenvalue weighted by Crippen LogP contribution is -2.23. The number of aromatic nitrogens is 2. The molecule has 2 heterocycles. The van der Waals surface area contributed by atoms with Gasteiger partial charge in [-0.3, -0.25) is 9.59 Å². The number of para-hydroxylation sites is 1. The van der Waals surface area contributed by atoms with Crippen LogP contribution in [0, 0.1) is 11.3 Å². The SMILES string of the molecule is N#Cc1ccccc1NC(=O)CCCn1nc(-c2cccs2)ccc1=O.